The summed E-state index contributed by atoms with van der Waals surface area (Å²) in [6.07, 6.45) is 9.20. The van der Waals surface area contributed by atoms with Crippen LogP contribution in [-0.4, -0.2) is 41.1 Å². The highest BCUT2D eigenvalue weighted by molar-refractivity contribution is 5.86. The number of nitrogens with one attached hydrogen (secondary N) is 1. The molecule has 0 aromatic rings. The summed E-state index contributed by atoms with van der Waals surface area (Å²) in [6, 6.07) is 0.367. The molecular weight excluding hydrogens is 280 g/mol. The van der Waals surface area contributed by atoms with E-state index in [1.54, 1.807) is 6.92 Å². The van der Waals surface area contributed by atoms with Crippen molar-refractivity contribution in [3.63, 3.8) is 0 Å². The summed E-state index contributed by atoms with van der Waals surface area (Å²) in [6.45, 7) is 1.84. The fourth-order valence-electron chi connectivity index (χ4n) is 3.60. The van der Waals surface area contributed by atoms with Crippen molar-refractivity contribution in [2.45, 2.75) is 83.2 Å². The second-order valence-corrected chi connectivity index (χ2v) is 6.66. The third kappa shape index (κ3) is 4.82. The Bertz CT molecular complexity index is 422. The van der Waals surface area contributed by atoms with E-state index in [2.05, 4.69) is 5.32 Å². The molecule has 2 aliphatic rings. The molecule has 5 heteroatoms. The Labute approximate surface area is 132 Å². The minimum absolute atomic E-state index is 0.0158. The van der Waals surface area contributed by atoms with E-state index >= 15 is 0 Å². The molecule has 1 aliphatic carbocycles. The Morgan fingerprint density at radius 3 is 2.50 bits per heavy atom. The lowest BCUT2D eigenvalue weighted by Crippen LogP contribution is -2.62. The standard InChI is InChI=1S/C17H28N2O3/c1-13(20)8-4-2-3-5-11-17(22)19-12-16(21)18-14-9-6-7-10-15(14)19/h14-15H,2-12H2,1H3,(H,18,21)/t14-,15+/m0/s1. The van der Waals surface area contributed by atoms with E-state index in [9.17, 15) is 14.4 Å². The van der Waals surface area contributed by atoms with Crippen LogP contribution in [0.2, 0.25) is 0 Å². The Morgan fingerprint density at radius 2 is 1.77 bits per heavy atom. The molecule has 22 heavy (non-hydrogen) atoms. The quantitative estimate of drug-likeness (QED) is 0.733. The van der Waals surface area contributed by atoms with Gasteiger partial charge in [0.1, 0.15) is 5.78 Å². The van der Waals surface area contributed by atoms with Crippen LogP contribution >= 0.6 is 0 Å². The summed E-state index contributed by atoms with van der Waals surface area (Å²) in [5, 5.41) is 3.03. The molecule has 1 N–H and O–H groups in total. The van der Waals surface area contributed by atoms with Crippen LogP contribution in [0.25, 0.3) is 0 Å². The van der Waals surface area contributed by atoms with Gasteiger partial charge in [0.25, 0.3) is 0 Å². The molecule has 1 saturated carbocycles. The average Bonchev–Trinajstić information content (AvgIpc) is 2.49. The van der Waals surface area contributed by atoms with Crippen molar-refractivity contribution in [3.8, 4) is 0 Å². The van der Waals surface area contributed by atoms with Gasteiger partial charge in [0.05, 0.1) is 12.6 Å². The zero-order chi connectivity index (χ0) is 15.9. The van der Waals surface area contributed by atoms with Gasteiger partial charge in [0, 0.05) is 18.9 Å². The van der Waals surface area contributed by atoms with E-state index in [-0.39, 0.29) is 36.2 Å². The van der Waals surface area contributed by atoms with Crippen molar-refractivity contribution >= 4 is 17.6 Å². The van der Waals surface area contributed by atoms with Gasteiger partial charge in [-0.25, -0.2) is 0 Å². The monoisotopic (exact) mass is 308 g/mol. The number of unbranched alkanes of at least 4 members (excludes halogenated alkanes) is 3. The van der Waals surface area contributed by atoms with Gasteiger partial charge in [-0.15, -0.1) is 0 Å². The molecule has 0 aromatic heterocycles. The third-order valence-corrected chi connectivity index (χ3v) is 4.78. The van der Waals surface area contributed by atoms with E-state index in [0.29, 0.717) is 12.8 Å². The summed E-state index contributed by atoms with van der Waals surface area (Å²) in [4.78, 5) is 36.9. The molecule has 2 fully saturated rings. The van der Waals surface area contributed by atoms with Gasteiger partial charge in [-0.1, -0.05) is 25.7 Å². The minimum atomic E-state index is -0.0158. The van der Waals surface area contributed by atoms with Crippen molar-refractivity contribution in [1.82, 2.24) is 10.2 Å². The van der Waals surface area contributed by atoms with E-state index in [0.717, 1.165) is 51.4 Å². The molecule has 1 aliphatic heterocycles. The van der Waals surface area contributed by atoms with Crippen LogP contribution in [0.4, 0.5) is 0 Å². The number of Topliss-reactive ketones (excluding diaryl/α,β-unsaturated/α-hetero) is 1. The zero-order valence-electron chi connectivity index (χ0n) is 13.6. The van der Waals surface area contributed by atoms with E-state index in [4.69, 9.17) is 0 Å². The first kappa shape index (κ1) is 17.0. The fourth-order valence-corrected chi connectivity index (χ4v) is 3.60. The van der Waals surface area contributed by atoms with E-state index in [1.165, 1.54) is 0 Å². The van der Waals surface area contributed by atoms with Gasteiger partial charge >= 0.3 is 0 Å². The topological polar surface area (TPSA) is 66.5 Å². The van der Waals surface area contributed by atoms with Crippen LogP contribution in [0.5, 0.6) is 0 Å². The molecule has 0 aromatic carbocycles. The highest BCUT2D eigenvalue weighted by atomic mass is 16.2. The van der Waals surface area contributed by atoms with E-state index in [1.807, 2.05) is 4.90 Å². The first-order valence-electron chi connectivity index (χ1n) is 8.66. The zero-order valence-corrected chi connectivity index (χ0v) is 13.6. The predicted molar refractivity (Wildman–Crippen MR) is 84.3 cm³/mol. The highest BCUT2D eigenvalue weighted by Gasteiger charge is 2.38. The summed E-state index contributed by atoms with van der Waals surface area (Å²) in [5.74, 6) is 0.343. The lowest BCUT2D eigenvalue weighted by molar-refractivity contribution is -0.144. The normalized spacial score (nSPS) is 24.6. The van der Waals surface area contributed by atoms with Gasteiger partial charge in [-0.2, -0.15) is 0 Å². The van der Waals surface area contributed by atoms with Crippen molar-refractivity contribution < 1.29 is 14.4 Å². The maximum atomic E-state index is 12.4. The smallest absolute Gasteiger partial charge is 0.239 e. The molecule has 0 spiro atoms. The van der Waals surface area contributed by atoms with Gasteiger partial charge in [0.15, 0.2) is 0 Å². The SMILES string of the molecule is CC(=O)CCCCCCC(=O)N1CC(=O)N[C@H]2CCCC[C@H]21. The van der Waals surface area contributed by atoms with Crippen LogP contribution in [0.1, 0.15) is 71.1 Å². The second-order valence-electron chi connectivity index (χ2n) is 6.66. The molecule has 5 nitrogen and oxygen atoms in total. The maximum Gasteiger partial charge on any atom is 0.239 e. The lowest BCUT2D eigenvalue weighted by Gasteiger charge is -2.44. The van der Waals surface area contributed by atoms with Crippen molar-refractivity contribution in [1.29, 1.82) is 0 Å². The molecule has 0 radical (unpaired) electrons. The molecule has 0 unspecified atom stereocenters. The first-order valence-corrected chi connectivity index (χ1v) is 8.66. The Morgan fingerprint density at radius 1 is 1.09 bits per heavy atom. The fraction of sp³-hybridized carbons (Fsp3) is 0.824. The molecule has 2 atom stereocenters. The van der Waals surface area contributed by atoms with Gasteiger partial charge in [-0.05, 0) is 32.6 Å². The number of piperazine rings is 1. The van der Waals surface area contributed by atoms with Crippen LogP contribution < -0.4 is 5.32 Å². The number of carbonyl (C=O) groups excluding carboxylic acids is 3. The second kappa shape index (κ2) is 8.30. The molecule has 1 heterocycles. The Hall–Kier alpha value is -1.39. The summed E-state index contributed by atoms with van der Waals surface area (Å²) >= 11 is 0. The Balaban J connectivity index is 1.73. The number of hydrogen-bond acceptors (Lipinski definition) is 3. The average molecular weight is 308 g/mol. The molecule has 2 amide bonds. The van der Waals surface area contributed by atoms with Crippen molar-refractivity contribution in [3.05, 3.63) is 0 Å². The Kier molecular flexibility index (Phi) is 6.40. The van der Waals surface area contributed by atoms with Gasteiger partial charge in [-0.3, -0.25) is 9.59 Å². The maximum absolute atomic E-state index is 12.4. The largest absolute Gasteiger partial charge is 0.350 e. The summed E-state index contributed by atoms with van der Waals surface area (Å²) < 4.78 is 0. The predicted octanol–water partition coefficient (Wildman–Crippen LogP) is 2.19. The van der Waals surface area contributed by atoms with Gasteiger partial charge in [0.2, 0.25) is 11.8 Å². The number of rotatable bonds is 7. The number of nitrogens with zero attached hydrogens (tertiary/aromatic N) is 1. The molecule has 0 bridgehead atoms. The van der Waals surface area contributed by atoms with Crippen LogP contribution in [0.3, 0.4) is 0 Å². The summed E-state index contributed by atoms with van der Waals surface area (Å²) in [7, 11) is 0. The number of hydrogen-bond donors (Lipinski definition) is 1. The number of amides is 2. The number of fused-ring (bicyclic) bond motifs is 1. The van der Waals surface area contributed by atoms with Crippen LogP contribution in [0, 0.1) is 0 Å². The van der Waals surface area contributed by atoms with E-state index < -0.39 is 0 Å². The molecule has 124 valence electrons. The van der Waals surface area contributed by atoms with Crippen LogP contribution in [-0.2, 0) is 14.4 Å². The van der Waals surface area contributed by atoms with Crippen molar-refractivity contribution in [2.24, 2.45) is 0 Å². The van der Waals surface area contributed by atoms with Crippen molar-refractivity contribution in [2.75, 3.05) is 6.54 Å². The number of ketones is 1. The lowest BCUT2D eigenvalue weighted by atomic mass is 9.87. The summed E-state index contributed by atoms with van der Waals surface area (Å²) in [5.41, 5.74) is 0. The van der Waals surface area contributed by atoms with Crippen LogP contribution in [0.15, 0.2) is 0 Å². The minimum Gasteiger partial charge on any atom is -0.350 e. The highest BCUT2D eigenvalue weighted by Crippen LogP contribution is 2.26. The molecule has 2 rings (SSSR count). The van der Waals surface area contributed by atoms with Gasteiger partial charge < -0.3 is 15.0 Å². The molecular formula is C17H28N2O3. The molecule has 1 saturated heterocycles. The first-order chi connectivity index (χ1) is 10.6. The number of carbonyl (C=O) groups is 3. The third-order valence-electron chi connectivity index (χ3n) is 4.78.